The summed E-state index contributed by atoms with van der Waals surface area (Å²) in [5.41, 5.74) is 4.96. The minimum absolute atomic E-state index is 0.827. The molecule has 0 aromatic heterocycles. The molecule has 0 bridgehead atoms. The first kappa shape index (κ1) is 12.2. The van der Waals surface area contributed by atoms with E-state index in [-0.39, 0.29) is 0 Å². The highest BCUT2D eigenvalue weighted by Crippen LogP contribution is 2.31. The normalized spacial score (nSPS) is 10.5. The second-order valence-corrected chi connectivity index (χ2v) is 4.79. The molecule has 2 rings (SSSR count). The van der Waals surface area contributed by atoms with Crippen LogP contribution in [0.15, 0.2) is 42.5 Å². The van der Waals surface area contributed by atoms with Crippen LogP contribution in [0.4, 0.5) is 0 Å². The molecule has 0 spiro atoms. The smallest absolute Gasteiger partial charge is 0.0487 e. The maximum Gasteiger partial charge on any atom is 0.0487 e. The monoisotopic (exact) mass is 244 g/mol. The number of halogens is 1. The average molecular weight is 245 g/mol. The molecule has 0 aliphatic rings. The maximum atomic E-state index is 6.26. The Morgan fingerprint density at radius 1 is 1.00 bits per heavy atom. The van der Waals surface area contributed by atoms with Gasteiger partial charge in [-0.2, -0.15) is 0 Å². The zero-order chi connectivity index (χ0) is 12.3. The number of aryl methyl sites for hydroxylation is 2. The van der Waals surface area contributed by atoms with E-state index in [1.54, 1.807) is 0 Å². The summed E-state index contributed by atoms with van der Waals surface area (Å²) in [7, 11) is 0. The summed E-state index contributed by atoms with van der Waals surface area (Å²) in [5.74, 6) is 0. The quantitative estimate of drug-likeness (QED) is 0.690. The van der Waals surface area contributed by atoms with E-state index in [4.69, 9.17) is 11.6 Å². The highest BCUT2D eigenvalue weighted by molar-refractivity contribution is 6.33. The third kappa shape index (κ3) is 2.70. The van der Waals surface area contributed by atoms with Gasteiger partial charge < -0.3 is 0 Å². The van der Waals surface area contributed by atoms with Crippen molar-refractivity contribution in [2.45, 2.75) is 26.7 Å². The van der Waals surface area contributed by atoms with E-state index in [0.717, 1.165) is 17.0 Å². The van der Waals surface area contributed by atoms with Gasteiger partial charge in [-0.25, -0.2) is 0 Å². The molecule has 0 fully saturated rings. The summed E-state index contributed by atoms with van der Waals surface area (Å²) < 4.78 is 0. The first-order chi connectivity index (χ1) is 8.22. The van der Waals surface area contributed by atoms with Crippen LogP contribution in [0.5, 0.6) is 0 Å². The molecule has 17 heavy (non-hydrogen) atoms. The van der Waals surface area contributed by atoms with Crippen LogP contribution >= 0.6 is 11.6 Å². The highest BCUT2D eigenvalue weighted by Gasteiger charge is 2.06. The molecular weight excluding hydrogens is 228 g/mol. The van der Waals surface area contributed by atoms with Gasteiger partial charge in [0.2, 0.25) is 0 Å². The van der Waals surface area contributed by atoms with Gasteiger partial charge in [-0.05, 0) is 36.1 Å². The van der Waals surface area contributed by atoms with Crippen molar-refractivity contribution in [3.8, 4) is 11.1 Å². The summed E-state index contributed by atoms with van der Waals surface area (Å²) in [4.78, 5) is 0. The second kappa shape index (κ2) is 5.37. The minimum atomic E-state index is 0.827. The number of rotatable bonds is 3. The fraction of sp³-hybridized carbons (Fsp3) is 0.250. The molecule has 0 unspecified atom stereocenters. The van der Waals surface area contributed by atoms with E-state index in [9.17, 15) is 0 Å². The first-order valence-electron chi connectivity index (χ1n) is 6.07. The van der Waals surface area contributed by atoms with Gasteiger partial charge in [-0.3, -0.25) is 0 Å². The van der Waals surface area contributed by atoms with E-state index in [0.29, 0.717) is 0 Å². The van der Waals surface area contributed by atoms with Crippen LogP contribution < -0.4 is 0 Å². The topological polar surface area (TPSA) is 0 Å². The van der Waals surface area contributed by atoms with Crippen molar-refractivity contribution in [1.82, 2.24) is 0 Å². The summed E-state index contributed by atoms with van der Waals surface area (Å²) in [6, 6.07) is 14.8. The van der Waals surface area contributed by atoms with Crippen LogP contribution in [0.1, 0.15) is 24.5 Å². The average Bonchev–Trinajstić information content (AvgIpc) is 2.31. The molecule has 0 nitrogen and oxygen atoms in total. The second-order valence-electron chi connectivity index (χ2n) is 4.38. The van der Waals surface area contributed by atoms with Gasteiger partial charge in [-0.15, -0.1) is 0 Å². The summed E-state index contributed by atoms with van der Waals surface area (Å²) in [6.45, 7) is 4.30. The predicted octanol–water partition coefficient (Wildman–Crippen LogP) is 5.27. The van der Waals surface area contributed by atoms with E-state index in [1.807, 2.05) is 12.1 Å². The largest absolute Gasteiger partial charge is 0.0837 e. The van der Waals surface area contributed by atoms with Crippen molar-refractivity contribution in [2.75, 3.05) is 0 Å². The van der Waals surface area contributed by atoms with Crippen LogP contribution in [0.3, 0.4) is 0 Å². The van der Waals surface area contributed by atoms with E-state index >= 15 is 0 Å². The zero-order valence-electron chi connectivity index (χ0n) is 10.3. The molecule has 0 amide bonds. The Kier molecular flexibility index (Phi) is 3.86. The lowest BCUT2D eigenvalue weighted by Gasteiger charge is -2.09. The Labute approximate surface area is 108 Å². The summed E-state index contributed by atoms with van der Waals surface area (Å²) >= 11 is 6.26. The van der Waals surface area contributed by atoms with Crippen LogP contribution in [0.2, 0.25) is 5.02 Å². The first-order valence-corrected chi connectivity index (χ1v) is 6.44. The van der Waals surface area contributed by atoms with Crippen molar-refractivity contribution in [3.63, 3.8) is 0 Å². The Morgan fingerprint density at radius 2 is 1.71 bits per heavy atom. The molecule has 0 heterocycles. The lowest BCUT2D eigenvalue weighted by molar-refractivity contribution is 0.922. The molecule has 0 aliphatic carbocycles. The van der Waals surface area contributed by atoms with E-state index < -0.39 is 0 Å². The minimum Gasteiger partial charge on any atom is -0.0837 e. The molecule has 2 aromatic carbocycles. The van der Waals surface area contributed by atoms with Crippen molar-refractivity contribution in [3.05, 3.63) is 58.6 Å². The van der Waals surface area contributed by atoms with Gasteiger partial charge in [0.15, 0.2) is 0 Å². The maximum absolute atomic E-state index is 6.26. The third-order valence-electron chi connectivity index (χ3n) is 3.00. The van der Waals surface area contributed by atoms with Crippen LogP contribution in [0, 0.1) is 6.92 Å². The predicted molar refractivity (Wildman–Crippen MR) is 75.6 cm³/mol. The Morgan fingerprint density at radius 3 is 2.29 bits per heavy atom. The fourth-order valence-electron chi connectivity index (χ4n) is 2.12. The number of benzene rings is 2. The lowest BCUT2D eigenvalue weighted by atomic mass is 9.98. The van der Waals surface area contributed by atoms with Crippen molar-refractivity contribution in [2.24, 2.45) is 0 Å². The van der Waals surface area contributed by atoms with E-state index in [2.05, 4.69) is 44.2 Å². The summed E-state index contributed by atoms with van der Waals surface area (Å²) in [5, 5.41) is 0.827. The standard InChI is InChI=1S/C16H17Cl/c1-3-5-13-8-10-14(11-9-13)16-12(2)6-4-7-15(16)17/h4,6-11H,3,5H2,1-2H3. The number of hydrogen-bond acceptors (Lipinski definition) is 0. The molecule has 0 N–H and O–H groups in total. The molecule has 0 saturated heterocycles. The number of hydrogen-bond donors (Lipinski definition) is 0. The molecule has 2 aromatic rings. The summed E-state index contributed by atoms with van der Waals surface area (Å²) in [6.07, 6.45) is 2.33. The van der Waals surface area contributed by atoms with Gasteiger partial charge in [-0.1, -0.05) is 61.3 Å². The van der Waals surface area contributed by atoms with Gasteiger partial charge in [0, 0.05) is 10.6 Å². The van der Waals surface area contributed by atoms with E-state index in [1.165, 1.54) is 23.1 Å². The van der Waals surface area contributed by atoms with Crippen molar-refractivity contribution in [1.29, 1.82) is 0 Å². The Bertz CT molecular complexity index is 477. The van der Waals surface area contributed by atoms with Crippen molar-refractivity contribution < 1.29 is 0 Å². The van der Waals surface area contributed by atoms with Crippen LogP contribution in [-0.2, 0) is 6.42 Å². The molecule has 0 aliphatic heterocycles. The molecule has 88 valence electrons. The SMILES string of the molecule is CCCc1ccc(-c2c(C)cccc2Cl)cc1. The van der Waals surface area contributed by atoms with Gasteiger partial charge >= 0.3 is 0 Å². The van der Waals surface area contributed by atoms with Gasteiger partial charge in [0.05, 0.1) is 0 Å². The van der Waals surface area contributed by atoms with Crippen LogP contribution in [0.25, 0.3) is 11.1 Å². The zero-order valence-corrected chi connectivity index (χ0v) is 11.1. The highest BCUT2D eigenvalue weighted by atomic mass is 35.5. The van der Waals surface area contributed by atoms with Crippen LogP contribution in [-0.4, -0.2) is 0 Å². The molecule has 0 saturated carbocycles. The van der Waals surface area contributed by atoms with Gasteiger partial charge in [0.25, 0.3) is 0 Å². The van der Waals surface area contributed by atoms with Crippen molar-refractivity contribution >= 4 is 11.6 Å². The molecular formula is C16H17Cl. The molecule has 0 radical (unpaired) electrons. The lowest BCUT2D eigenvalue weighted by Crippen LogP contribution is -1.87. The fourth-order valence-corrected chi connectivity index (χ4v) is 2.46. The Hall–Kier alpha value is -1.27. The third-order valence-corrected chi connectivity index (χ3v) is 3.32. The molecule has 1 heteroatoms. The van der Waals surface area contributed by atoms with Gasteiger partial charge in [0.1, 0.15) is 0 Å². The molecule has 0 atom stereocenters. The Balaban J connectivity index is 2.40.